The quantitative estimate of drug-likeness (QED) is 0.580. The van der Waals surface area contributed by atoms with Gasteiger partial charge in [-0.05, 0) is 63.7 Å². The van der Waals surface area contributed by atoms with E-state index < -0.39 is 0 Å². The number of fused-ring (bicyclic) bond motifs is 1. The lowest BCUT2D eigenvalue weighted by atomic mass is 9.95. The van der Waals surface area contributed by atoms with Gasteiger partial charge in [0.05, 0.1) is 24.2 Å². The molecule has 0 radical (unpaired) electrons. The van der Waals surface area contributed by atoms with E-state index in [1.807, 2.05) is 6.92 Å². The van der Waals surface area contributed by atoms with Gasteiger partial charge in [-0.1, -0.05) is 23.8 Å². The van der Waals surface area contributed by atoms with E-state index in [2.05, 4.69) is 57.1 Å². The fraction of sp³-hybridized carbons (Fsp3) is 0.519. The SMILES string of the molecule is Cc1ccc(C)c(CN2CCC(CNC(=O)c3c(C)oc4ncnc(N5CCOCC5)c34)CC2)c1. The first kappa shape index (κ1) is 23.8. The molecule has 0 atom stereocenters. The van der Waals surface area contributed by atoms with Crippen LogP contribution < -0.4 is 10.2 Å². The van der Waals surface area contributed by atoms with E-state index >= 15 is 0 Å². The standard InChI is InChI=1S/C27H35N5O3/c1-18-4-5-19(2)22(14-18)16-31-8-6-21(7-9-31)15-28-26(33)23-20(3)35-27-24(23)25(29-17-30-27)32-10-12-34-13-11-32/h4-5,14,17,21H,6-13,15-16H2,1-3H3,(H,28,33). The number of likely N-dealkylation sites (tertiary alicyclic amines) is 1. The molecule has 35 heavy (non-hydrogen) atoms. The first-order valence-corrected chi connectivity index (χ1v) is 12.6. The Bertz CT molecular complexity index is 1190. The van der Waals surface area contributed by atoms with E-state index in [-0.39, 0.29) is 5.91 Å². The number of morpholine rings is 1. The van der Waals surface area contributed by atoms with Crippen LogP contribution in [0.2, 0.25) is 0 Å². The fourth-order valence-corrected chi connectivity index (χ4v) is 5.20. The first-order valence-electron chi connectivity index (χ1n) is 12.6. The maximum Gasteiger partial charge on any atom is 0.255 e. The smallest absolute Gasteiger partial charge is 0.255 e. The predicted octanol–water partition coefficient (Wildman–Crippen LogP) is 3.63. The molecule has 2 aromatic heterocycles. The Morgan fingerprint density at radius 3 is 2.63 bits per heavy atom. The topological polar surface area (TPSA) is 83.7 Å². The molecule has 0 aliphatic carbocycles. The van der Waals surface area contributed by atoms with E-state index in [1.54, 1.807) is 0 Å². The molecule has 2 aliphatic heterocycles. The molecule has 8 nitrogen and oxygen atoms in total. The summed E-state index contributed by atoms with van der Waals surface area (Å²) in [6, 6.07) is 6.69. The number of nitrogens with one attached hydrogen (secondary N) is 1. The van der Waals surface area contributed by atoms with Gasteiger partial charge in [0.15, 0.2) is 0 Å². The molecule has 0 unspecified atom stereocenters. The molecule has 8 heteroatoms. The summed E-state index contributed by atoms with van der Waals surface area (Å²) in [5.41, 5.74) is 5.09. The molecule has 1 amide bonds. The Morgan fingerprint density at radius 1 is 1.09 bits per heavy atom. The number of nitrogens with zero attached hydrogens (tertiary/aromatic N) is 4. The van der Waals surface area contributed by atoms with Gasteiger partial charge >= 0.3 is 0 Å². The highest BCUT2D eigenvalue weighted by Crippen LogP contribution is 2.31. The van der Waals surface area contributed by atoms with Gasteiger partial charge in [-0.25, -0.2) is 9.97 Å². The second kappa shape index (κ2) is 10.3. The third-order valence-electron chi connectivity index (χ3n) is 7.34. The number of aryl methyl sites for hydroxylation is 3. The van der Waals surface area contributed by atoms with Gasteiger partial charge in [0, 0.05) is 26.2 Å². The van der Waals surface area contributed by atoms with Gasteiger partial charge < -0.3 is 19.4 Å². The van der Waals surface area contributed by atoms with E-state index in [9.17, 15) is 4.79 Å². The number of rotatable bonds is 6. The number of aromatic nitrogens is 2. The van der Waals surface area contributed by atoms with E-state index in [1.165, 1.54) is 23.0 Å². The van der Waals surface area contributed by atoms with Crippen molar-refractivity contribution in [2.45, 2.75) is 40.2 Å². The second-order valence-corrected chi connectivity index (χ2v) is 9.87. The zero-order chi connectivity index (χ0) is 24.4. The molecular formula is C27H35N5O3. The molecule has 1 aromatic carbocycles. The number of anilines is 1. The van der Waals surface area contributed by atoms with Gasteiger partial charge in [0.25, 0.3) is 5.91 Å². The minimum atomic E-state index is -0.108. The molecule has 0 bridgehead atoms. The third kappa shape index (κ3) is 5.18. The van der Waals surface area contributed by atoms with Crippen molar-refractivity contribution < 1.29 is 13.9 Å². The molecular weight excluding hydrogens is 442 g/mol. The summed E-state index contributed by atoms with van der Waals surface area (Å²) in [6.07, 6.45) is 3.67. The van der Waals surface area contributed by atoms with E-state index in [0.717, 1.165) is 51.4 Å². The lowest BCUT2D eigenvalue weighted by Gasteiger charge is -2.32. The number of carbonyl (C=O) groups is 1. The Labute approximate surface area is 206 Å². The number of ether oxygens (including phenoxy) is 1. The number of carbonyl (C=O) groups excluding carboxylic acids is 1. The van der Waals surface area contributed by atoms with Crippen LogP contribution in [-0.2, 0) is 11.3 Å². The summed E-state index contributed by atoms with van der Waals surface area (Å²) in [5, 5.41) is 3.88. The summed E-state index contributed by atoms with van der Waals surface area (Å²) >= 11 is 0. The highest BCUT2D eigenvalue weighted by atomic mass is 16.5. The predicted molar refractivity (Wildman–Crippen MR) is 136 cm³/mol. The van der Waals surface area contributed by atoms with E-state index in [0.29, 0.717) is 48.1 Å². The van der Waals surface area contributed by atoms with Crippen LogP contribution >= 0.6 is 0 Å². The van der Waals surface area contributed by atoms with Gasteiger partial charge in [0.2, 0.25) is 5.71 Å². The minimum Gasteiger partial charge on any atom is -0.442 e. The number of hydrogen-bond acceptors (Lipinski definition) is 7. The monoisotopic (exact) mass is 477 g/mol. The maximum absolute atomic E-state index is 13.3. The van der Waals surface area contributed by atoms with Crippen LogP contribution in [0.3, 0.4) is 0 Å². The van der Waals surface area contributed by atoms with Crippen LogP contribution in [0.15, 0.2) is 28.9 Å². The summed E-state index contributed by atoms with van der Waals surface area (Å²) in [7, 11) is 0. The maximum atomic E-state index is 13.3. The zero-order valence-corrected chi connectivity index (χ0v) is 21.0. The lowest BCUT2D eigenvalue weighted by Crippen LogP contribution is -2.39. The average Bonchev–Trinajstić information content (AvgIpc) is 3.22. The number of furan rings is 1. The Kier molecular flexibility index (Phi) is 7.02. The average molecular weight is 478 g/mol. The molecule has 2 aliphatic rings. The summed E-state index contributed by atoms with van der Waals surface area (Å²) in [5.74, 6) is 1.70. The fourth-order valence-electron chi connectivity index (χ4n) is 5.20. The van der Waals surface area contributed by atoms with Gasteiger partial charge in [-0.15, -0.1) is 0 Å². The van der Waals surface area contributed by atoms with Crippen molar-refractivity contribution in [3.8, 4) is 0 Å². The summed E-state index contributed by atoms with van der Waals surface area (Å²) < 4.78 is 11.3. The second-order valence-electron chi connectivity index (χ2n) is 9.87. The summed E-state index contributed by atoms with van der Waals surface area (Å²) in [6.45, 7) is 12.7. The van der Waals surface area contributed by atoms with Gasteiger partial charge in [-0.2, -0.15) is 0 Å². The molecule has 4 heterocycles. The molecule has 5 rings (SSSR count). The molecule has 0 saturated carbocycles. The third-order valence-corrected chi connectivity index (χ3v) is 7.34. The number of benzene rings is 1. The molecule has 186 valence electrons. The normalized spacial score (nSPS) is 17.7. The van der Waals surface area contributed by atoms with Crippen molar-refractivity contribution in [3.05, 3.63) is 52.5 Å². The largest absolute Gasteiger partial charge is 0.442 e. The van der Waals surface area contributed by atoms with Crippen molar-refractivity contribution in [2.75, 3.05) is 50.8 Å². The first-order chi connectivity index (χ1) is 17.0. The van der Waals surface area contributed by atoms with Crippen molar-refractivity contribution in [2.24, 2.45) is 5.92 Å². The minimum absolute atomic E-state index is 0.108. The van der Waals surface area contributed by atoms with Crippen LogP contribution in [0.5, 0.6) is 0 Å². The van der Waals surface area contributed by atoms with Crippen LogP contribution in [0.25, 0.3) is 11.1 Å². The van der Waals surface area contributed by atoms with Crippen LogP contribution in [-0.4, -0.2) is 66.7 Å². The van der Waals surface area contributed by atoms with Crippen LogP contribution in [0.4, 0.5) is 5.82 Å². The Balaban J connectivity index is 1.21. The highest BCUT2D eigenvalue weighted by molar-refractivity contribution is 6.10. The van der Waals surface area contributed by atoms with Crippen molar-refractivity contribution in [1.29, 1.82) is 0 Å². The van der Waals surface area contributed by atoms with Crippen molar-refractivity contribution in [1.82, 2.24) is 20.2 Å². The summed E-state index contributed by atoms with van der Waals surface area (Å²) in [4.78, 5) is 26.8. The Hall–Kier alpha value is -2.97. The molecule has 0 spiro atoms. The van der Waals surface area contributed by atoms with E-state index in [4.69, 9.17) is 9.15 Å². The molecule has 2 saturated heterocycles. The number of piperidine rings is 1. The number of hydrogen-bond donors (Lipinski definition) is 1. The zero-order valence-electron chi connectivity index (χ0n) is 21.0. The van der Waals surface area contributed by atoms with Crippen molar-refractivity contribution >= 4 is 22.8 Å². The van der Waals surface area contributed by atoms with Gasteiger partial charge in [0.1, 0.15) is 17.9 Å². The van der Waals surface area contributed by atoms with Gasteiger partial charge in [-0.3, -0.25) is 9.69 Å². The van der Waals surface area contributed by atoms with Crippen LogP contribution in [0.1, 0.15) is 45.7 Å². The lowest BCUT2D eigenvalue weighted by molar-refractivity contribution is 0.0935. The molecule has 2 fully saturated rings. The van der Waals surface area contributed by atoms with Crippen molar-refractivity contribution in [3.63, 3.8) is 0 Å². The van der Waals surface area contributed by atoms with Crippen LogP contribution in [0, 0.1) is 26.7 Å². The molecule has 3 aromatic rings. The number of amides is 1. The Morgan fingerprint density at radius 2 is 1.86 bits per heavy atom. The highest BCUT2D eigenvalue weighted by Gasteiger charge is 2.27. The molecule has 1 N–H and O–H groups in total.